The minimum Gasteiger partial charge on any atom is -0.481 e. The quantitative estimate of drug-likeness (QED) is 0.655. The zero-order valence-electron chi connectivity index (χ0n) is 12.7. The van der Waals surface area contributed by atoms with E-state index >= 15 is 0 Å². The first-order chi connectivity index (χ1) is 9.36. The lowest BCUT2D eigenvalue weighted by Crippen LogP contribution is -2.44. The van der Waals surface area contributed by atoms with Gasteiger partial charge in [0.25, 0.3) is 0 Å². The van der Waals surface area contributed by atoms with Gasteiger partial charge in [-0.15, -0.1) is 0 Å². The Labute approximate surface area is 120 Å². The number of amides is 2. The predicted molar refractivity (Wildman–Crippen MR) is 77.6 cm³/mol. The molecule has 0 aromatic rings. The molecule has 1 heterocycles. The largest absolute Gasteiger partial charge is 0.481 e. The van der Waals surface area contributed by atoms with Crippen LogP contribution in [0.1, 0.15) is 33.1 Å². The molecule has 0 radical (unpaired) electrons. The Kier molecular flexibility index (Phi) is 6.78. The summed E-state index contributed by atoms with van der Waals surface area (Å²) in [5.41, 5.74) is 0. The molecule has 0 saturated carbocycles. The van der Waals surface area contributed by atoms with Gasteiger partial charge in [0.15, 0.2) is 0 Å². The lowest BCUT2D eigenvalue weighted by Gasteiger charge is -2.19. The number of likely N-dealkylation sites (N-methyl/N-ethyl adjacent to an activating group) is 1. The molecule has 2 amide bonds. The summed E-state index contributed by atoms with van der Waals surface area (Å²) >= 11 is 0. The minimum absolute atomic E-state index is 0.00972. The lowest BCUT2D eigenvalue weighted by molar-refractivity contribution is -0.138. The van der Waals surface area contributed by atoms with Crippen LogP contribution in [0.4, 0.5) is 4.79 Å². The van der Waals surface area contributed by atoms with Gasteiger partial charge in [-0.25, -0.2) is 4.79 Å². The summed E-state index contributed by atoms with van der Waals surface area (Å²) in [7, 11) is 2.03. The second kappa shape index (κ2) is 8.09. The van der Waals surface area contributed by atoms with Crippen molar-refractivity contribution in [2.75, 3.05) is 26.7 Å². The number of hydrogen-bond donors (Lipinski definition) is 3. The number of carboxylic acid groups (broad SMARTS) is 1. The monoisotopic (exact) mass is 285 g/mol. The molecule has 0 aromatic heterocycles. The van der Waals surface area contributed by atoms with Gasteiger partial charge in [-0.3, -0.25) is 4.79 Å². The zero-order chi connectivity index (χ0) is 15.1. The Bertz CT molecular complexity index is 334. The summed E-state index contributed by atoms with van der Waals surface area (Å²) in [6.45, 7) is 6.41. The Hall–Kier alpha value is -1.30. The molecule has 1 rings (SSSR count). The number of aliphatic carboxylic acids is 1. The Morgan fingerprint density at radius 1 is 1.40 bits per heavy atom. The van der Waals surface area contributed by atoms with Gasteiger partial charge < -0.3 is 20.6 Å². The molecule has 1 saturated heterocycles. The summed E-state index contributed by atoms with van der Waals surface area (Å²) in [6.07, 6.45) is 1.87. The third-order valence-electron chi connectivity index (χ3n) is 3.55. The fraction of sp³-hybridized carbons (Fsp3) is 0.857. The molecule has 6 nitrogen and oxygen atoms in total. The number of carbonyl (C=O) groups is 2. The Balaban J connectivity index is 2.30. The van der Waals surface area contributed by atoms with Crippen LogP contribution in [-0.4, -0.2) is 54.7 Å². The number of nitrogens with zero attached hydrogens (tertiary/aromatic N) is 1. The molecular formula is C14H27N3O3. The van der Waals surface area contributed by atoms with Crippen molar-refractivity contribution in [2.45, 2.75) is 39.2 Å². The van der Waals surface area contributed by atoms with Gasteiger partial charge in [0.05, 0.1) is 0 Å². The van der Waals surface area contributed by atoms with Crippen LogP contribution in [0.5, 0.6) is 0 Å². The third-order valence-corrected chi connectivity index (χ3v) is 3.55. The van der Waals surface area contributed by atoms with Crippen molar-refractivity contribution in [2.24, 2.45) is 11.8 Å². The second-order valence-corrected chi connectivity index (χ2v) is 6.20. The highest BCUT2D eigenvalue weighted by molar-refractivity contribution is 5.74. The van der Waals surface area contributed by atoms with Crippen molar-refractivity contribution in [1.29, 1.82) is 0 Å². The number of hydrogen-bond acceptors (Lipinski definition) is 3. The molecular weight excluding hydrogens is 258 g/mol. The highest BCUT2D eigenvalue weighted by Crippen LogP contribution is 2.14. The SMILES string of the molecule is CC(C)CC(CNC(=O)NC1CCN(C)C1)CC(=O)O. The van der Waals surface area contributed by atoms with Crippen molar-refractivity contribution in [3.8, 4) is 0 Å². The molecule has 0 bridgehead atoms. The van der Waals surface area contributed by atoms with Crippen LogP contribution >= 0.6 is 0 Å². The van der Waals surface area contributed by atoms with Crippen LogP contribution in [0, 0.1) is 11.8 Å². The van der Waals surface area contributed by atoms with Crippen LogP contribution in [0.25, 0.3) is 0 Å². The van der Waals surface area contributed by atoms with E-state index in [9.17, 15) is 9.59 Å². The topological polar surface area (TPSA) is 81.7 Å². The van der Waals surface area contributed by atoms with Gasteiger partial charge >= 0.3 is 12.0 Å². The Morgan fingerprint density at radius 3 is 2.60 bits per heavy atom. The van der Waals surface area contributed by atoms with Gasteiger partial charge in [-0.1, -0.05) is 13.8 Å². The standard InChI is InChI=1S/C14H27N3O3/c1-10(2)6-11(7-13(18)19)8-15-14(20)16-12-4-5-17(3)9-12/h10-12H,4-9H2,1-3H3,(H,18,19)(H2,15,16,20). The Morgan fingerprint density at radius 2 is 2.10 bits per heavy atom. The van der Waals surface area contributed by atoms with E-state index in [1.165, 1.54) is 0 Å². The summed E-state index contributed by atoms with van der Waals surface area (Å²) in [6, 6.07) is 0.00691. The molecule has 1 fully saturated rings. The number of carbonyl (C=O) groups excluding carboxylic acids is 1. The summed E-state index contributed by atoms with van der Waals surface area (Å²) < 4.78 is 0. The first-order valence-electron chi connectivity index (χ1n) is 7.31. The maximum Gasteiger partial charge on any atom is 0.315 e. The van der Waals surface area contributed by atoms with E-state index in [1.54, 1.807) is 0 Å². The van der Waals surface area contributed by atoms with Gasteiger partial charge in [-0.05, 0) is 38.3 Å². The van der Waals surface area contributed by atoms with Crippen molar-refractivity contribution in [3.05, 3.63) is 0 Å². The van der Waals surface area contributed by atoms with E-state index in [0.29, 0.717) is 12.5 Å². The van der Waals surface area contributed by atoms with Gasteiger partial charge in [-0.2, -0.15) is 0 Å². The molecule has 2 atom stereocenters. The highest BCUT2D eigenvalue weighted by Gasteiger charge is 2.21. The number of rotatable bonds is 7. The van der Waals surface area contributed by atoms with Gasteiger partial charge in [0.1, 0.15) is 0 Å². The highest BCUT2D eigenvalue weighted by atomic mass is 16.4. The summed E-state index contributed by atoms with van der Waals surface area (Å²) in [5.74, 6) is -0.396. The molecule has 116 valence electrons. The molecule has 0 aliphatic carbocycles. The zero-order valence-corrected chi connectivity index (χ0v) is 12.7. The fourth-order valence-corrected chi connectivity index (χ4v) is 2.68. The number of urea groups is 1. The average Bonchev–Trinajstić information content (AvgIpc) is 2.70. The lowest BCUT2D eigenvalue weighted by atomic mass is 9.94. The van der Waals surface area contributed by atoms with E-state index in [2.05, 4.69) is 29.4 Å². The van der Waals surface area contributed by atoms with E-state index in [0.717, 1.165) is 25.9 Å². The molecule has 0 spiro atoms. The van der Waals surface area contributed by atoms with E-state index in [1.807, 2.05) is 7.05 Å². The maximum absolute atomic E-state index is 11.8. The van der Waals surface area contributed by atoms with Crippen LogP contribution in [0.3, 0.4) is 0 Å². The first-order valence-corrected chi connectivity index (χ1v) is 7.31. The third kappa shape index (κ3) is 6.75. The molecule has 20 heavy (non-hydrogen) atoms. The number of likely N-dealkylation sites (tertiary alicyclic amines) is 1. The minimum atomic E-state index is -0.810. The average molecular weight is 285 g/mol. The molecule has 1 aliphatic heterocycles. The number of carboxylic acids is 1. The van der Waals surface area contributed by atoms with Crippen molar-refractivity contribution < 1.29 is 14.7 Å². The molecule has 6 heteroatoms. The number of nitrogens with one attached hydrogen (secondary N) is 2. The van der Waals surface area contributed by atoms with Crippen molar-refractivity contribution in [1.82, 2.24) is 15.5 Å². The molecule has 3 N–H and O–H groups in total. The molecule has 0 aromatic carbocycles. The van der Waals surface area contributed by atoms with Crippen molar-refractivity contribution in [3.63, 3.8) is 0 Å². The van der Waals surface area contributed by atoms with Gasteiger partial charge in [0, 0.05) is 25.6 Å². The van der Waals surface area contributed by atoms with E-state index < -0.39 is 5.97 Å². The maximum atomic E-state index is 11.8. The normalized spacial score (nSPS) is 20.9. The van der Waals surface area contributed by atoms with Crippen molar-refractivity contribution >= 4 is 12.0 Å². The summed E-state index contributed by atoms with van der Waals surface area (Å²) in [5, 5.41) is 14.6. The fourth-order valence-electron chi connectivity index (χ4n) is 2.68. The van der Waals surface area contributed by atoms with Crippen LogP contribution in [-0.2, 0) is 4.79 Å². The van der Waals surface area contributed by atoms with E-state index in [4.69, 9.17) is 5.11 Å². The second-order valence-electron chi connectivity index (χ2n) is 6.20. The van der Waals surface area contributed by atoms with E-state index in [-0.39, 0.29) is 24.4 Å². The molecule has 2 unspecified atom stereocenters. The predicted octanol–water partition coefficient (Wildman–Crippen LogP) is 1.13. The van der Waals surface area contributed by atoms with Crippen LogP contribution in [0.15, 0.2) is 0 Å². The molecule has 1 aliphatic rings. The summed E-state index contributed by atoms with van der Waals surface area (Å²) in [4.78, 5) is 24.8. The smallest absolute Gasteiger partial charge is 0.315 e. The first kappa shape index (κ1) is 16.8. The van der Waals surface area contributed by atoms with Crippen LogP contribution in [0.2, 0.25) is 0 Å². The van der Waals surface area contributed by atoms with Crippen LogP contribution < -0.4 is 10.6 Å². The van der Waals surface area contributed by atoms with Gasteiger partial charge in [0.2, 0.25) is 0 Å².